The number of benzene rings is 1. The van der Waals surface area contributed by atoms with Crippen LogP contribution in [0.4, 0.5) is 0 Å². The van der Waals surface area contributed by atoms with Crippen molar-refractivity contribution in [3.05, 3.63) is 35.4 Å². The number of hydrogen-bond donors (Lipinski definition) is 2. The lowest BCUT2D eigenvalue weighted by molar-refractivity contribution is 0.153. The van der Waals surface area contributed by atoms with Gasteiger partial charge in [-0.15, -0.1) is 0 Å². The first-order chi connectivity index (χ1) is 9.03. The summed E-state index contributed by atoms with van der Waals surface area (Å²) in [6.45, 7) is 7.13. The fourth-order valence-electron chi connectivity index (χ4n) is 2.53. The SMILES string of the molecule is Cc1ccc(CN2CCC(C)(/C(N)=N/O)CC2)cc1. The van der Waals surface area contributed by atoms with Crippen molar-refractivity contribution in [1.29, 1.82) is 0 Å². The molecule has 0 amide bonds. The Hall–Kier alpha value is -1.55. The van der Waals surface area contributed by atoms with Crippen LogP contribution in [0.3, 0.4) is 0 Å². The van der Waals surface area contributed by atoms with Gasteiger partial charge in [-0.3, -0.25) is 4.90 Å². The second kappa shape index (κ2) is 5.61. The number of nitrogens with two attached hydrogens (primary N) is 1. The van der Waals surface area contributed by atoms with Crippen LogP contribution in [-0.2, 0) is 6.54 Å². The normalized spacial score (nSPS) is 20.4. The van der Waals surface area contributed by atoms with Crippen LogP contribution >= 0.6 is 0 Å². The average Bonchev–Trinajstić information content (AvgIpc) is 2.43. The van der Waals surface area contributed by atoms with E-state index >= 15 is 0 Å². The van der Waals surface area contributed by atoms with Crippen LogP contribution in [0, 0.1) is 12.3 Å². The lowest BCUT2D eigenvalue weighted by atomic mass is 9.79. The van der Waals surface area contributed by atoms with Gasteiger partial charge in [0.15, 0.2) is 0 Å². The molecule has 19 heavy (non-hydrogen) atoms. The zero-order valence-electron chi connectivity index (χ0n) is 11.8. The Kier molecular flexibility index (Phi) is 4.10. The van der Waals surface area contributed by atoms with Crippen molar-refractivity contribution in [3.63, 3.8) is 0 Å². The standard InChI is InChI=1S/C15H23N3O/c1-12-3-5-13(6-4-12)11-18-9-7-15(2,8-10-18)14(16)17-19/h3-6,19H,7-11H2,1-2H3,(H2,16,17). The van der Waals surface area contributed by atoms with Gasteiger partial charge in [0.25, 0.3) is 0 Å². The second-order valence-electron chi connectivity index (χ2n) is 5.81. The molecule has 0 aliphatic carbocycles. The van der Waals surface area contributed by atoms with Crippen molar-refractivity contribution < 1.29 is 5.21 Å². The van der Waals surface area contributed by atoms with E-state index in [1.165, 1.54) is 11.1 Å². The largest absolute Gasteiger partial charge is 0.409 e. The Morgan fingerprint density at radius 3 is 2.42 bits per heavy atom. The molecule has 0 aromatic heterocycles. The number of amidine groups is 1. The summed E-state index contributed by atoms with van der Waals surface area (Å²) in [5.74, 6) is 0.363. The molecule has 1 aliphatic rings. The molecular weight excluding hydrogens is 238 g/mol. The molecular formula is C15H23N3O. The predicted molar refractivity (Wildman–Crippen MR) is 77.2 cm³/mol. The van der Waals surface area contributed by atoms with E-state index in [1.807, 2.05) is 0 Å². The highest BCUT2D eigenvalue weighted by Gasteiger charge is 2.34. The molecule has 1 aromatic carbocycles. The molecule has 1 saturated heterocycles. The maximum absolute atomic E-state index is 8.83. The Morgan fingerprint density at radius 2 is 1.89 bits per heavy atom. The lowest BCUT2D eigenvalue weighted by Crippen LogP contribution is -2.45. The van der Waals surface area contributed by atoms with Gasteiger partial charge in [-0.05, 0) is 38.4 Å². The van der Waals surface area contributed by atoms with Gasteiger partial charge in [0.2, 0.25) is 0 Å². The summed E-state index contributed by atoms with van der Waals surface area (Å²) in [6.07, 6.45) is 1.88. The van der Waals surface area contributed by atoms with E-state index in [-0.39, 0.29) is 5.41 Å². The number of rotatable bonds is 3. The maximum atomic E-state index is 8.83. The molecule has 3 N–H and O–H groups in total. The van der Waals surface area contributed by atoms with Gasteiger partial charge in [-0.1, -0.05) is 41.9 Å². The van der Waals surface area contributed by atoms with Crippen LogP contribution in [-0.4, -0.2) is 29.0 Å². The minimum atomic E-state index is -0.154. The molecule has 0 radical (unpaired) electrons. The number of oxime groups is 1. The summed E-state index contributed by atoms with van der Waals surface area (Å²) in [7, 11) is 0. The number of nitrogens with zero attached hydrogens (tertiary/aromatic N) is 2. The first-order valence-electron chi connectivity index (χ1n) is 6.79. The second-order valence-corrected chi connectivity index (χ2v) is 5.81. The number of aryl methyl sites for hydroxylation is 1. The van der Waals surface area contributed by atoms with Crippen LogP contribution in [0.5, 0.6) is 0 Å². The highest BCUT2D eigenvalue weighted by molar-refractivity contribution is 5.85. The average molecular weight is 261 g/mol. The molecule has 1 aliphatic heterocycles. The van der Waals surface area contributed by atoms with Crippen LogP contribution in [0.2, 0.25) is 0 Å². The first-order valence-corrected chi connectivity index (χ1v) is 6.79. The van der Waals surface area contributed by atoms with Crippen LogP contribution in [0.15, 0.2) is 29.4 Å². The van der Waals surface area contributed by atoms with Crippen molar-refractivity contribution in [2.75, 3.05) is 13.1 Å². The molecule has 1 fully saturated rings. The molecule has 4 heteroatoms. The van der Waals surface area contributed by atoms with E-state index in [9.17, 15) is 0 Å². The van der Waals surface area contributed by atoms with E-state index in [4.69, 9.17) is 10.9 Å². The molecule has 0 spiro atoms. The molecule has 0 saturated carbocycles. The minimum absolute atomic E-state index is 0.154. The Morgan fingerprint density at radius 1 is 1.32 bits per heavy atom. The van der Waals surface area contributed by atoms with E-state index in [1.54, 1.807) is 0 Å². The summed E-state index contributed by atoms with van der Waals surface area (Å²) in [6, 6.07) is 8.68. The summed E-state index contributed by atoms with van der Waals surface area (Å²) in [5, 5.41) is 12.0. The third-order valence-corrected chi connectivity index (χ3v) is 4.21. The van der Waals surface area contributed by atoms with Gasteiger partial charge < -0.3 is 10.9 Å². The van der Waals surface area contributed by atoms with E-state index in [2.05, 4.69) is 48.2 Å². The molecule has 0 bridgehead atoms. The molecule has 104 valence electrons. The molecule has 2 rings (SSSR count). The van der Waals surface area contributed by atoms with Gasteiger partial charge in [0.05, 0.1) is 0 Å². The molecule has 1 aromatic rings. The summed E-state index contributed by atoms with van der Waals surface area (Å²) in [4.78, 5) is 2.43. The van der Waals surface area contributed by atoms with Gasteiger partial charge in [-0.25, -0.2) is 0 Å². The Bertz CT molecular complexity index is 445. The quantitative estimate of drug-likeness (QED) is 0.380. The number of piperidine rings is 1. The maximum Gasteiger partial charge on any atom is 0.145 e. The fraction of sp³-hybridized carbons (Fsp3) is 0.533. The van der Waals surface area contributed by atoms with Crippen LogP contribution in [0.25, 0.3) is 0 Å². The molecule has 4 nitrogen and oxygen atoms in total. The summed E-state index contributed by atoms with van der Waals surface area (Å²) < 4.78 is 0. The van der Waals surface area contributed by atoms with Crippen molar-refractivity contribution in [2.24, 2.45) is 16.3 Å². The zero-order chi connectivity index (χ0) is 13.9. The number of hydrogen-bond acceptors (Lipinski definition) is 3. The third-order valence-electron chi connectivity index (χ3n) is 4.21. The number of likely N-dealkylation sites (tertiary alicyclic amines) is 1. The van der Waals surface area contributed by atoms with Crippen molar-refractivity contribution in [1.82, 2.24) is 4.90 Å². The van der Waals surface area contributed by atoms with Crippen molar-refractivity contribution in [2.45, 2.75) is 33.2 Å². The van der Waals surface area contributed by atoms with Crippen molar-refractivity contribution >= 4 is 5.84 Å². The van der Waals surface area contributed by atoms with E-state index in [0.29, 0.717) is 5.84 Å². The predicted octanol–water partition coefficient (Wildman–Crippen LogP) is 2.34. The van der Waals surface area contributed by atoms with Gasteiger partial charge in [-0.2, -0.15) is 0 Å². The first kappa shape index (κ1) is 13.9. The monoisotopic (exact) mass is 261 g/mol. The molecule has 0 unspecified atom stereocenters. The van der Waals surface area contributed by atoms with Crippen LogP contribution < -0.4 is 5.73 Å². The third kappa shape index (κ3) is 3.26. The summed E-state index contributed by atoms with van der Waals surface area (Å²) >= 11 is 0. The molecule has 1 heterocycles. The van der Waals surface area contributed by atoms with Gasteiger partial charge >= 0.3 is 0 Å². The highest BCUT2D eigenvalue weighted by Crippen LogP contribution is 2.31. The Labute approximate surface area is 114 Å². The molecule has 0 atom stereocenters. The minimum Gasteiger partial charge on any atom is -0.409 e. The Balaban J connectivity index is 1.92. The smallest absolute Gasteiger partial charge is 0.145 e. The summed E-state index contributed by atoms with van der Waals surface area (Å²) in [5.41, 5.74) is 8.26. The topological polar surface area (TPSA) is 61.8 Å². The fourth-order valence-corrected chi connectivity index (χ4v) is 2.53. The van der Waals surface area contributed by atoms with Gasteiger partial charge in [0, 0.05) is 12.0 Å². The highest BCUT2D eigenvalue weighted by atomic mass is 16.4. The zero-order valence-corrected chi connectivity index (χ0v) is 11.8. The van der Waals surface area contributed by atoms with E-state index < -0.39 is 0 Å². The van der Waals surface area contributed by atoms with E-state index in [0.717, 1.165) is 32.5 Å². The van der Waals surface area contributed by atoms with Crippen molar-refractivity contribution in [3.8, 4) is 0 Å². The van der Waals surface area contributed by atoms with Crippen LogP contribution in [0.1, 0.15) is 30.9 Å². The lowest BCUT2D eigenvalue weighted by Gasteiger charge is -2.38. The van der Waals surface area contributed by atoms with Gasteiger partial charge in [0.1, 0.15) is 5.84 Å².